The van der Waals surface area contributed by atoms with Gasteiger partial charge in [-0.2, -0.15) is 0 Å². The number of aliphatic hydroxyl groups excluding tert-OH is 1. The van der Waals surface area contributed by atoms with Crippen LogP contribution in [0.5, 0.6) is 0 Å². The van der Waals surface area contributed by atoms with E-state index in [0.29, 0.717) is 31.0 Å². The molecule has 200 valence electrons. The maximum absolute atomic E-state index is 11.1. The Morgan fingerprint density at radius 2 is 1.74 bits per heavy atom. The molecule has 1 aliphatic heterocycles. The summed E-state index contributed by atoms with van der Waals surface area (Å²) in [4.78, 5) is 0. The van der Waals surface area contributed by atoms with E-state index in [1.807, 2.05) is 0 Å². The fraction of sp³-hybridized carbons (Fsp3) is 0.933. The average Bonchev–Trinajstić information content (AvgIpc) is 3.31. The van der Waals surface area contributed by atoms with Gasteiger partial charge in [-0.05, 0) is 55.7 Å². The standard InChI is InChI=1S/C30H52O4Si/c1-7-8-14-25-28-24(27(31)18-17-26(28)30(25)32-19-20-33-30)16-15-23(21-22-12-10-9-11-13-22)34-35(5,6)29(2,3)4/h22-28,31H,7-14,17-21H2,1-6H3/t23-,24+,25?,26+,27-,28+/m1/s1. The first-order valence-corrected chi connectivity index (χ1v) is 17.6. The smallest absolute Gasteiger partial charge is 0.193 e. The fourth-order valence-corrected chi connectivity index (χ4v) is 8.34. The number of hydrogen-bond acceptors (Lipinski definition) is 4. The van der Waals surface area contributed by atoms with Crippen molar-refractivity contribution in [1.29, 1.82) is 0 Å². The third-order valence-electron chi connectivity index (χ3n) is 10.1. The molecule has 3 aliphatic carbocycles. The number of rotatable bonds is 7. The average molecular weight is 505 g/mol. The molecule has 35 heavy (non-hydrogen) atoms. The van der Waals surface area contributed by atoms with Crippen LogP contribution in [0.3, 0.4) is 0 Å². The predicted molar refractivity (Wildman–Crippen MR) is 144 cm³/mol. The van der Waals surface area contributed by atoms with Crippen LogP contribution in [0.4, 0.5) is 0 Å². The van der Waals surface area contributed by atoms with Crippen LogP contribution in [-0.2, 0) is 13.9 Å². The highest BCUT2D eigenvalue weighted by Gasteiger charge is 2.68. The molecule has 1 saturated heterocycles. The maximum atomic E-state index is 11.1. The molecule has 1 unspecified atom stereocenters. The molecule has 5 heteroatoms. The zero-order valence-electron chi connectivity index (χ0n) is 23.4. The van der Waals surface area contributed by atoms with E-state index in [0.717, 1.165) is 31.6 Å². The number of hydrogen-bond donors (Lipinski definition) is 1. The molecular weight excluding hydrogens is 452 g/mol. The van der Waals surface area contributed by atoms with Crippen LogP contribution in [0, 0.1) is 41.4 Å². The normalized spacial score (nSPS) is 34.1. The lowest BCUT2D eigenvalue weighted by Crippen LogP contribution is -2.67. The lowest BCUT2D eigenvalue weighted by atomic mass is 9.49. The Kier molecular flexibility index (Phi) is 8.81. The van der Waals surface area contributed by atoms with Crippen molar-refractivity contribution in [3.63, 3.8) is 0 Å². The van der Waals surface area contributed by atoms with E-state index in [2.05, 4.69) is 52.6 Å². The van der Waals surface area contributed by atoms with E-state index in [1.165, 1.54) is 44.9 Å². The van der Waals surface area contributed by atoms with Gasteiger partial charge >= 0.3 is 0 Å². The van der Waals surface area contributed by atoms with Crippen molar-refractivity contribution in [2.75, 3.05) is 13.2 Å². The number of aliphatic hydroxyl groups is 1. The molecule has 1 heterocycles. The SMILES string of the molecule is CCCCC1[C@@H]2[C@@H](C#C[C@H](CC3CCCCC3)O[Si](C)(C)C(C)(C)C)[C@H](O)CC[C@@H]2C12OCCO2. The zero-order chi connectivity index (χ0) is 25.3. The molecule has 4 nitrogen and oxygen atoms in total. The summed E-state index contributed by atoms with van der Waals surface area (Å²) >= 11 is 0. The Balaban J connectivity index is 1.56. The van der Waals surface area contributed by atoms with Gasteiger partial charge in [0, 0.05) is 11.8 Å². The van der Waals surface area contributed by atoms with Crippen molar-refractivity contribution < 1.29 is 19.0 Å². The van der Waals surface area contributed by atoms with Gasteiger partial charge in [-0.15, -0.1) is 0 Å². The van der Waals surface area contributed by atoms with E-state index in [1.54, 1.807) is 0 Å². The quantitative estimate of drug-likeness (QED) is 0.302. The lowest BCUT2D eigenvalue weighted by molar-refractivity contribution is -0.341. The number of ether oxygens (including phenoxy) is 2. The summed E-state index contributed by atoms with van der Waals surface area (Å²) in [7, 11) is -1.94. The van der Waals surface area contributed by atoms with Crippen LogP contribution in [0.2, 0.25) is 18.1 Å². The molecule has 0 aromatic heterocycles. The van der Waals surface area contributed by atoms with E-state index in [4.69, 9.17) is 13.9 Å². The van der Waals surface area contributed by atoms with Gasteiger partial charge in [0.25, 0.3) is 0 Å². The Hall–Kier alpha value is -0.383. The van der Waals surface area contributed by atoms with Crippen LogP contribution in [0.25, 0.3) is 0 Å². The summed E-state index contributed by atoms with van der Waals surface area (Å²) in [6, 6.07) is 0. The fourth-order valence-electron chi connectivity index (χ4n) is 7.12. The molecular formula is C30H52O4Si. The van der Waals surface area contributed by atoms with Gasteiger partial charge in [0.15, 0.2) is 14.1 Å². The minimum Gasteiger partial charge on any atom is -0.403 e. The molecule has 0 radical (unpaired) electrons. The van der Waals surface area contributed by atoms with Crippen molar-refractivity contribution in [3.05, 3.63) is 0 Å². The van der Waals surface area contributed by atoms with Crippen molar-refractivity contribution >= 4 is 8.32 Å². The predicted octanol–water partition coefficient (Wildman–Crippen LogP) is 6.92. The third-order valence-corrected chi connectivity index (χ3v) is 14.6. The molecule has 4 aliphatic rings. The van der Waals surface area contributed by atoms with Crippen LogP contribution in [0.1, 0.15) is 98.3 Å². The van der Waals surface area contributed by atoms with Crippen LogP contribution < -0.4 is 0 Å². The third kappa shape index (κ3) is 5.72. The second-order valence-electron chi connectivity index (χ2n) is 13.4. The number of unbranched alkanes of at least 4 members (excludes halogenated alkanes) is 1. The van der Waals surface area contributed by atoms with Gasteiger partial charge in [0.05, 0.1) is 25.2 Å². The van der Waals surface area contributed by atoms with E-state index in [9.17, 15) is 5.11 Å². The monoisotopic (exact) mass is 504 g/mol. The van der Waals surface area contributed by atoms with Crippen molar-refractivity contribution in [1.82, 2.24) is 0 Å². The summed E-state index contributed by atoms with van der Waals surface area (Å²) in [6.45, 7) is 15.3. The molecule has 0 aromatic rings. The van der Waals surface area contributed by atoms with Gasteiger partial charge in [0.1, 0.15) is 6.10 Å². The first-order valence-electron chi connectivity index (χ1n) is 14.7. The topological polar surface area (TPSA) is 47.9 Å². The number of fused-ring (bicyclic) bond motifs is 2. The Morgan fingerprint density at radius 3 is 2.37 bits per heavy atom. The highest BCUT2D eigenvalue weighted by Crippen LogP contribution is 2.63. The molecule has 1 N–H and O–H groups in total. The Morgan fingerprint density at radius 1 is 1.06 bits per heavy atom. The van der Waals surface area contributed by atoms with Crippen LogP contribution >= 0.6 is 0 Å². The Labute approximate surface area is 216 Å². The van der Waals surface area contributed by atoms with Gasteiger partial charge in [-0.3, -0.25) is 0 Å². The van der Waals surface area contributed by atoms with Gasteiger partial charge in [-0.25, -0.2) is 0 Å². The summed E-state index contributed by atoms with van der Waals surface area (Å²) in [5.74, 6) is 8.74. The summed E-state index contributed by atoms with van der Waals surface area (Å²) in [5, 5.41) is 11.3. The Bertz CT molecular complexity index is 751. The van der Waals surface area contributed by atoms with Crippen molar-refractivity contribution in [2.24, 2.45) is 29.6 Å². The first-order chi connectivity index (χ1) is 16.6. The molecule has 4 rings (SSSR count). The molecule has 3 saturated carbocycles. The van der Waals surface area contributed by atoms with Crippen molar-refractivity contribution in [2.45, 2.75) is 134 Å². The van der Waals surface area contributed by atoms with Gasteiger partial charge < -0.3 is 19.0 Å². The van der Waals surface area contributed by atoms with Gasteiger partial charge in [0.2, 0.25) is 0 Å². The molecule has 6 atom stereocenters. The van der Waals surface area contributed by atoms with E-state index < -0.39 is 14.1 Å². The highest BCUT2D eigenvalue weighted by molar-refractivity contribution is 6.74. The van der Waals surface area contributed by atoms with E-state index in [-0.39, 0.29) is 23.2 Å². The maximum Gasteiger partial charge on any atom is 0.193 e. The zero-order valence-corrected chi connectivity index (χ0v) is 24.4. The molecule has 1 spiro atoms. The minimum atomic E-state index is -1.94. The van der Waals surface area contributed by atoms with Crippen LogP contribution in [-0.4, -0.2) is 44.6 Å². The second kappa shape index (κ2) is 11.2. The summed E-state index contributed by atoms with van der Waals surface area (Å²) in [5.41, 5.74) is 0. The van der Waals surface area contributed by atoms with E-state index >= 15 is 0 Å². The second-order valence-corrected chi connectivity index (χ2v) is 18.2. The molecule has 0 aromatic carbocycles. The summed E-state index contributed by atoms with van der Waals surface area (Å²) < 4.78 is 19.5. The van der Waals surface area contributed by atoms with Crippen molar-refractivity contribution in [3.8, 4) is 11.8 Å². The molecule has 4 fully saturated rings. The first kappa shape index (κ1) is 27.6. The minimum absolute atomic E-state index is 0.00547. The van der Waals surface area contributed by atoms with Crippen LogP contribution in [0.15, 0.2) is 0 Å². The highest BCUT2D eigenvalue weighted by atomic mass is 28.4. The largest absolute Gasteiger partial charge is 0.403 e. The molecule has 0 bridgehead atoms. The lowest BCUT2D eigenvalue weighted by Gasteiger charge is -2.62. The summed E-state index contributed by atoms with van der Waals surface area (Å²) in [6.07, 6.45) is 12.6. The molecule has 0 amide bonds. The van der Waals surface area contributed by atoms with Gasteiger partial charge in [-0.1, -0.05) is 84.5 Å².